The smallest absolute Gasteiger partial charge is 0.264 e. The molecule has 0 aromatic heterocycles. The Morgan fingerprint density at radius 1 is 0.809 bits per heavy atom. The number of carbonyl (C=O) groups is 2. The van der Waals surface area contributed by atoms with E-state index in [0.717, 1.165) is 9.87 Å². The maximum Gasteiger partial charge on any atom is 0.264 e. The lowest BCUT2D eigenvalue weighted by atomic mass is 10.1. The summed E-state index contributed by atoms with van der Waals surface area (Å²) in [5.41, 5.74) is 1.58. The quantitative estimate of drug-likeness (QED) is 0.144. The van der Waals surface area contributed by atoms with E-state index in [-0.39, 0.29) is 35.5 Å². The lowest BCUT2D eigenvalue weighted by Crippen LogP contribution is -2.53. The number of anilines is 1. The van der Waals surface area contributed by atoms with Gasteiger partial charge in [-0.05, 0) is 87.4 Å². The van der Waals surface area contributed by atoms with Crippen molar-refractivity contribution in [1.29, 1.82) is 0 Å². The Balaban J connectivity index is 1.76. The number of benzene rings is 4. The lowest BCUT2D eigenvalue weighted by Gasteiger charge is -2.34. The van der Waals surface area contributed by atoms with Crippen LogP contribution in [0.1, 0.15) is 44.7 Å². The van der Waals surface area contributed by atoms with Gasteiger partial charge in [0.1, 0.15) is 24.1 Å². The van der Waals surface area contributed by atoms with Crippen molar-refractivity contribution in [3.63, 3.8) is 0 Å². The third-order valence-electron chi connectivity index (χ3n) is 7.77. The molecule has 4 aromatic rings. The molecule has 0 saturated carbocycles. The molecule has 0 saturated heterocycles. The molecule has 0 unspecified atom stereocenters. The maximum absolute atomic E-state index is 14.4. The van der Waals surface area contributed by atoms with Gasteiger partial charge in [0.25, 0.3) is 10.0 Å². The number of hydrogen-bond donors (Lipinski definition) is 1. The normalized spacial score (nSPS) is 12.6. The van der Waals surface area contributed by atoms with Crippen molar-refractivity contribution in [2.75, 3.05) is 10.8 Å². The first-order valence-corrected chi connectivity index (χ1v) is 17.6. The molecule has 4 rings (SSSR count). The molecule has 0 heterocycles. The van der Waals surface area contributed by atoms with Crippen molar-refractivity contribution >= 4 is 50.7 Å². The van der Waals surface area contributed by atoms with Gasteiger partial charge in [-0.1, -0.05) is 79.0 Å². The molecular weight excluding hydrogens is 657 g/mol. The molecule has 4 aromatic carbocycles. The number of aryl methyl sites for hydroxylation is 1. The van der Waals surface area contributed by atoms with Gasteiger partial charge in [-0.25, -0.2) is 8.42 Å². The number of nitrogens with one attached hydrogen (secondary N) is 1. The molecule has 0 aliphatic carbocycles. The van der Waals surface area contributed by atoms with E-state index in [9.17, 15) is 18.0 Å². The van der Waals surface area contributed by atoms with E-state index in [1.807, 2.05) is 51.1 Å². The fourth-order valence-electron chi connectivity index (χ4n) is 4.89. The Hall–Kier alpha value is -4.05. The van der Waals surface area contributed by atoms with Crippen molar-refractivity contribution in [1.82, 2.24) is 10.2 Å². The van der Waals surface area contributed by atoms with Crippen LogP contribution in [0.4, 0.5) is 5.69 Å². The maximum atomic E-state index is 14.4. The molecule has 0 bridgehead atoms. The van der Waals surface area contributed by atoms with Crippen LogP contribution in [0.25, 0.3) is 0 Å². The predicted octanol–water partition coefficient (Wildman–Crippen LogP) is 8.01. The first kappa shape index (κ1) is 35.8. The highest BCUT2D eigenvalue weighted by atomic mass is 35.5. The van der Waals surface area contributed by atoms with Crippen LogP contribution in [0.5, 0.6) is 11.5 Å². The van der Waals surface area contributed by atoms with E-state index in [0.29, 0.717) is 33.5 Å². The minimum Gasteiger partial charge on any atom is -0.457 e. The number of nitrogens with zero attached hydrogens (tertiary/aromatic N) is 2. The zero-order chi connectivity index (χ0) is 34.1. The van der Waals surface area contributed by atoms with E-state index < -0.39 is 28.5 Å². The number of hydrogen-bond acceptors (Lipinski definition) is 5. The minimum absolute atomic E-state index is 0.0164. The Morgan fingerprint density at radius 3 is 1.98 bits per heavy atom. The topological polar surface area (TPSA) is 96.0 Å². The third kappa shape index (κ3) is 9.06. The van der Waals surface area contributed by atoms with Gasteiger partial charge in [-0.2, -0.15) is 0 Å². The summed E-state index contributed by atoms with van der Waals surface area (Å²) in [6, 6.07) is 26.0. The van der Waals surface area contributed by atoms with E-state index in [2.05, 4.69) is 5.32 Å². The number of sulfonamides is 1. The Bertz CT molecular complexity index is 1750. The largest absolute Gasteiger partial charge is 0.457 e. The second-order valence-electron chi connectivity index (χ2n) is 11.2. The van der Waals surface area contributed by atoms with Gasteiger partial charge in [0, 0.05) is 28.2 Å². The second kappa shape index (κ2) is 16.2. The summed E-state index contributed by atoms with van der Waals surface area (Å²) in [7, 11) is -4.24. The fourth-order valence-corrected chi connectivity index (χ4v) is 6.82. The van der Waals surface area contributed by atoms with Gasteiger partial charge in [0.15, 0.2) is 0 Å². The van der Waals surface area contributed by atoms with Crippen molar-refractivity contribution in [2.24, 2.45) is 0 Å². The number of halogens is 2. The molecule has 0 radical (unpaired) electrons. The Labute approximate surface area is 287 Å². The monoisotopic (exact) mass is 695 g/mol. The molecule has 0 spiro atoms. The molecule has 47 heavy (non-hydrogen) atoms. The third-order valence-corrected chi connectivity index (χ3v) is 10.3. The molecule has 8 nitrogen and oxygen atoms in total. The summed E-state index contributed by atoms with van der Waals surface area (Å²) in [5.74, 6) is 0.151. The highest BCUT2D eigenvalue weighted by Crippen LogP contribution is 2.30. The summed E-state index contributed by atoms with van der Waals surface area (Å²) < 4.78 is 35.4. The van der Waals surface area contributed by atoms with Gasteiger partial charge in [-0.3, -0.25) is 13.9 Å². The molecular formula is C36H39Cl2N3O5S. The minimum atomic E-state index is -4.24. The van der Waals surface area contributed by atoms with Crippen molar-refractivity contribution < 1.29 is 22.7 Å². The van der Waals surface area contributed by atoms with E-state index in [1.165, 1.54) is 17.0 Å². The first-order valence-electron chi connectivity index (χ1n) is 15.4. The summed E-state index contributed by atoms with van der Waals surface area (Å²) in [5, 5.41) is 3.61. The molecule has 248 valence electrons. The van der Waals surface area contributed by atoms with Crippen LogP contribution >= 0.6 is 23.2 Å². The van der Waals surface area contributed by atoms with Crippen molar-refractivity contribution in [2.45, 2.75) is 64.1 Å². The molecule has 0 aliphatic heterocycles. The van der Waals surface area contributed by atoms with Crippen molar-refractivity contribution in [3.05, 3.63) is 118 Å². The van der Waals surface area contributed by atoms with Gasteiger partial charge >= 0.3 is 0 Å². The van der Waals surface area contributed by atoms with Crippen LogP contribution in [0.15, 0.2) is 102 Å². The van der Waals surface area contributed by atoms with Crippen LogP contribution in [-0.2, 0) is 26.2 Å². The first-order chi connectivity index (χ1) is 22.4. The summed E-state index contributed by atoms with van der Waals surface area (Å²) in [6.45, 7) is 6.78. The van der Waals surface area contributed by atoms with E-state index in [4.69, 9.17) is 27.9 Å². The summed E-state index contributed by atoms with van der Waals surface area (Å²) in [4.78, 5) is 29.3. The van der Waals surface area contributed by atoms with E-state index in [1.54, 1.807) is 61.5 Å². The van der Waals surface area contributed by atoms with Crippen LogP contribution in [0, 0.1) is 6.92 Å². The van der Waals surface area contributed by atoms with Crippen molar-refractivity contribution in [3.8, 4) is 11.5 Å². The number of para-hydroxylation sites is 1. The summed E-state index contributed by atoms with van der Waals surface area (Å²) >= 11 is 13.0. The van der Waals surface area contributed by atoms with Crippen LogP contribution in [0.2, 0.25) is 10.0 Å². The molecule has 1 N–H and O–H groups in total. The second-order valence-corrected chi connectivity index (χ2v) is 13.9. The van der Waals surface area contributed by atoms with Gasteiger partial charge in [-0.15, -0.1) is 0 Å². The predicted molar refractivity (Wildman–Crippen MR) is 188 cm³/mol. The number of amides is 2. The highest BCUT2D eigenvalue weighted by molar-refractivity contribution is 7.92. The number of rotatable bonds is 14. The Morgan fingerprint density at radius 2 is 1.40 bits per heavy atom. The lowest BCUT2D eigenvalue weighted by molar-refractivity contribution is -0.140. The zero-order valence-corrected chi connectivity index (χ0v) is 29.1. The molecule has 0 aliphatic rings. The summed E-state index contributed by atoms with van der Waals surface area (Å²) in [6.07, 6.45) is 0.964. The van der Waals surface area contributed by atoms with Gasteiger partial charge in [0.2, 0.25) is 11.8 Å². The average Bonchev–Trinajstić information content (AvgIpc) is 3.05. The van der Waals surface area contributed by atoms with Crippen LogP contribution < -0.4 is 14.4 Å². The molecule has 2 atom stereocenters. The van der Waals surface area contributed by atoms with E-state index >= 15 is 0 Å². The molecule has 0 fully saturated rings. The average molecular weight is 697 g/mol. The number of carbonyl (C=O) groups excluding carboxylic acids is 2. The van der Waals surface area contributed by atoms with Crippen LogP contribution in [0.3, 0.4) is 0 Å². The standard InChI is InChI=1S/C36H39Cl2N3O5S/c1-5-26(4)39-36(43)34(6-2)40(23-31-32(37)13-10-14-33(31)38)35(42)24-41(47(44,45)30-21-15-25(3)16-22-30)27-17-19-29(20-18-27)46-28-11-8-7-9-12-28/h7-22,26,34H,5-6,23-24H2,1-4H3,(H,39,43)/t26-,34-/m1/s1. The van der Waals surface area contributed by atoms with Gasteiger partial charge in [0.05, 0.1) is 10.6 Å². The molecule has 11 heteroatoms. The molecule has 2 amide bonds. The number of ether oxygens (including phenoxy) is 1. The Kier molecular flexibility index (Phi) is 12.3. The fraction of sp³-hybridized carbons (Fsp3) is 0.278. The van der Waals surface area contributed by atoms with Gasteiger partial charge < -0.3 is 15.0 Å². The van der Waals surface area contributed by atoms with Crippen LogP contribution in [-0.4, -0.2) is 43.8 Å². The highest BCUT2D eigenvalue weighted by Gasteiger charge is 2.34. The SMILES string of the molecule is CC[C@@H](C)NC(=O)[C@@H](CC)N(Cc1c(Cl)cccc1Cl)C(=O)CN(c1ccc(Oc2ccccc2)cc1)S(=O)(=O)c1ccc(C)cc1. The zero-order valence-electron chi connectivity index (χ0n) is 26.8.